The van der Waals surface area contributed by atoms with Gasteiger partial charge in [0, 0.05) is 0 Å². The number of aliphatic carboxylic acids is 2. The molecule has 16 heavy (non-hydrogen) atoms. The Morgan fingerprint density at radius 3 is 0.938 bits per heavy atom. The van der Waals surface area contributed by atoms with E-state index in [2.05, 4.69) is 0 Å². The molecular formula is C10H20O6. The number of aliphatic hydroxyl groups excluding tert-OH is 2. The number of aliphatic hydroxyl groups is 2. The second kappa shape index (κ2) is 8.06. The molecule has 2 unspecified atom stereocenters. The van der Waals surface area contributed by atoms with Crippen LogP contribution in [0.2, 0.25) is 0 Å². The topological polar surface area (TPSA) is 115 Å². The largest absolute Gasteiger partial charge is 0.479 e. The lowest BCUT2D eigenvalue weighted by molar-refractivity contribution is -0.149. The van der Waals surface area contributed by atoms with Gasteiger partial charge in [0.25, 0.3) is 0 Å². The normalized spacial score (nSPS) is 14.0. The number of carboxylic acid groups (broad SMARTS) is 2. The zero-order chi connectivity index (χ0) is 13.5. The highest BCUT2D eigenvalue weighted by atomic mass is 16.4. The molecule has 0 saturated carbocycles. The molecule has 0 aliphatic heterocycles. The molecule has 0 aromatic rings. The monoisotopic (exact) mass is 236 g/mol. The molecule has 6 heteroatoms. The Kier molecular flexibility index (Phi) is 8.70. The van der Waals surface area contributed by atoms with E-state index in [0.717, 1.165) is 0 Å². The first kappa shape index (κ1) is 17.3. The van der Waals surface area contributed by atoms with Gasteiger partial charge in [0.2, 0.25) is 0 Å². The first-order chi connectivity index (χ1) is 7.11. The van der Waals surface area contributed by atoms with E-state index >= 15 is 0 Å². The molecule has 0 aliphatic carbocycles. The van der Waals surface area contributed by atoms with Crippen LogP contribution in [-0.2, 0) is 9.59 Å². The van der Waals surface area contributed by atoms with E-state index in [1.807, 2.05) is 0 Å². The van der Waals surface area contributed by atoms with Crippen molar-refractivity contribution in [1.82, 2.24) is 0 Å². The Morgan fingerprint density at radius 2 is 0.938 bits per heavy atom. The smallest absolute Gasteiger partial charge is 0.332 e. The van der Waals surface area contributed by atoms with Gasteiger partial charge in [-0.15, -0.1) is 0 Å². The van der Waals surface area contributed by atoms with Gasteiger partial charge in [-0.3, -0.25) is 0 Å². The molecule has 0 radical (unpaired) electrons. The molecule has 4 N–H and O–H groups in total. The molecule has 2 atom stereocenters. The van der Waals surface area contributed by atoms with Gasteiger partial charge in [-0.2, -0.15) is 0 Å². The Bertz CT molecular complexity index is 199. The maximum Gasteiger partial charge on any atom is 0.332 e. The number of carbonyl (C=O) groups is 2. The van der Waals surface area contributed by atoms with Gasteiger partial charge in [-0.1, -0.05) is 27.7 Å². The van der Waals surface area contributed by atoms with Gasteiger partial charge in [0.05, 0.1) is 0 Å². The fourth-order valence-corrected chi connectivity index (χ4v) is 0.570. The van der Waals surface area contributed by atoms with E-state index in [1.54, 1.807) is 27.7 Å². The summed E-state index contributed by atoms with van der Waals surface area (Å²) < 4.78 is 0. The minimum absolute atomic E-state index is 0.201. The van der Waals surface area contributed by atoms with Crippen molar-refractivity contribution in [3.05, 3.63) is 0 Å². The van der Waals surface area contributed by atoms with Gasteiger partial charge in [0.1, 0.15) is 0 Å². The van der Waals surface area contributed by atoms with Gasteiger partial charge >= 0.3 is 11.9 Å². The number of rotatable bonds is 4. The molecule has 0 spiro atoms. The first-order valence-corrected chi connectivity index (χ1v) is 4.93. The molecule has 96 valence electrons. The molecule has 0 rings (SSSR count). The van der Waals surface area contributed by atoms with Gasteiger partial charge in [-0.25, -0.2) is 9.59 Å². The predicted molar refractivity (Wildman–Crippen MR) is 57.0 cm³/mol. The zero-order valence-electron chi connectivity index (χ0n) is 9.91. The van der Waals surface area contributed by atoms with Crippen LogP contribution < -0.4 is 0 Å². The van der Waals surface area contributed by atoms with Crippen LogP contribution in [0.4, 0.5) is 0 Å². The summed E-state index contributed by atoms with van der Waals surface area (Å²) in [4.78, 5) is 19.8. The van der Waals surface area contributed by atoms with E-state index in [0.29, 0.717) is 0 Å². The summed E-state index contributed by atoms with van der Waals surface area (Å²) >= 11 is 0. The van der Waals surface area contributed by atoms with Crippen LogP contribution in [0.15, 0.2) is 0 Å². The van der Waals surface area contributed by atoms with Crippen molar-refractivity contribution in [2.45, 2.75) is 39.9 Å². The summed E-state index contributed by atoms with van der Waals surface area (Å²) in [5.74, 6) is -2.71. The highest BCUT2D eigenvalue weighted by Crippen LogP contribution is 1.99. The van der Waals surface area contributed by atoms with Crippen molar-refractivity contribution in [3.8, 4) is 0 Å². The highest BCUT2D eigenvalue weighted by molar-refractivity contribution is 5.72. The molecule has 0 amide bonds. The Labute approximate surface area is 94.5 Å². The molecule has 0 aromatic carbocycles. The van der Waals surface area contributed by atoms with E-state index in [4.69, 9.17) is 20.4 Å². The van der Waals surface area contributed by atoms with Gasteiger partial charge < -0.3 is 20.4 Å². The van der Waals surface area contributed by atoms with Crippen molar-refractivity contribution in [3.63, 3.8) is 0 Å². The SMILES string of the molecule is CC(C)C(O)C(=O)O.CC(C)C(O)C(=O)O. The van der Waals surface area contributed by atoms with Crippen molar-refractivity contribution in [2.24, 2.45) is 11.8 Å². The van der Waals surface area contributed by atoms with E-state index in [1.165, 1.54) is 0 Å². The van der Waals surface area contributed by atoms with Gasteiger partial charge in [-0.05, 0) is 11.8 Å². The van der Waals surface area contributed by atoms with Crippen molar-refractivity contribution in [1.29, 1.82) is 0 Å². The quantitative estimate of drug-likeness (QED) is 0.553. The summed E-state index contributed by atoms with van der Waals surface area (Å²) in [6, 6.07) is 0. The second-order valence-corrected chi connectivity index (χ2v) is 4.05. The molecule has 6 nitrogen and oxygen atoms in total. The molecule has 0 bridgehead atoms. The summed E-state index contributed by atoms with van der Waals surface area (Å²) in [6.45, 7) is 6.61. The molecular weight excluding hydrogens is 216 g/mol. The molecule has 0 fully saturated rings. The Balaban J connectivity index is 0. The minimum Gasteiger partial charge on any atom is -0.479 e. The van der Waals surface area contributed by atoms with Crippen LogP contribution in [-0.4, -0.2) is 44.6 Å². The second-order valence-electron chi connectivity index (χ2n) is 4.05. The van der Waals surface area contributed by atoms with Crippen LogP contribution in [0.5, 0.6) is 0 Å². The number of hydrogen-bond acceptors (Lipinski definition) is 4. The third-order valence-electron chi connectivity index (χ3n) is 1.77. The van der Waals surface area contributed by atoms with Crippen LogP contribution in [0.3, 0.4) is 0 Å². The van der Waals surface area contributed by atoms with E-state index in [9.17, 15) is 9.59 Å². The Hall–Kier alpha value is -1.14. The third kappa shape index (κ3) is 8.19. The number of hydrogen-bond donors (Lipinski definition) is 4. The van der Waals surface area contributed by atoms with E-state index < -0.39 is 24.1 Å². The van der Waals surface area contributed by atoms with Crippen molar-refractivity contribution < 1.29 is 30.0 Å². The predicted octanol–water partition coefficient (Wildman–Crippen LogP) is 0.176. The van der Waals surface area contributed by atoms with Crippen LogP contribution in [0, 0.1) is 11.8 Å². The lowest BCUT2D eigenvalue weighted by Crippen LogP contribution is -2.25. The van der Waals surface area contributed by atoms with Crippen molar-refractivity contribution in [2.75, 3.05) is 0 Å². The van der Waals surface area contributed by atoms with Gasteiger partial charge in [0.15, 0.2) is 12.2 Å². The number of carboxylic acids is 2. The summed E-state index contributed by atoms with van der Waals surface area (Å²) in [5.41, 5.74) is 0. The fourth-order valence-electron chi connectivity index (χ4n) is 0.570. The molecule has 0 aliphatic rings. The standard InChI is InChI=1S/2C5H10O3/c2*1-3(2)4(6)5(7)8/h2*3-4,6H,1-2H3,(H,7,8). The summed E-state index contributed by atoms with van der Waals surface area (Å²) in [7, 11) is 0. The Morgan fingerprint density at radius 1 is 0.750 bits per heavy atom. The molecule has 0 aromatic heterocycles. The maximum absolute atomic E-state index is 9.89. The first-order valence-electron chi connectivity index (χ1n) is 4.93. The van der Waals surface area contributed by atoms with Crippen LogP contribution in [0.1, 0.15) is 27.7 Å². The van der Waals surface area contributed by atoms with E-state index in [-0.39, 0.29) is 11.8 Å². The van der Waals surface area contributed by atoms with Crippen LogP contribution >= 0.6 is 0 Å². The average Bonchev–Trinajstić information content (AvgIpc) is 2.15. The maximum atomic E-state index is 9.89. The fraction of sp³-hybridized carbons (Fsp3) is 0.800. The lowest BCUT2D eigenvalue weighted by Gasteiger charge is -2.06. The highest BCUT2D eigenvalue weighted by Gasteiger charge is 2.16. The van der Waals surface area contributed by atoms with Crippen molar-refractivity contribution >= 4 is 11.9 Å². The lowest BCUT2D eigenvalue weighted by atomic mass is 10.1. The molecule has 0 heterocycles. The summed E-state index contributed by atoms with van der Waals surface area (Å²) in [6.07, 6.45) is -2.43. The van der Waals surface area contributed by atoms with Crippen LogP contribution in [0.25, 0.3) is 0 Å². The average molecular weight is 236 g/mol. The third-order valence-corrected chi connectivity index (χ3v) is 1.77. The minimum atomic E-state index is -1.21. The molecule has 0 saturated heterocycles. The zero-order valence-corrected chi connectivity index (χ0v) is 9.91. The summed E-state index contributed by atoms with van der Waals surface area (Å²) in [5, 5.41) is 33.4.